The van der Waals surface area contributed by atoms with Gasteiger partial charge in [-0.25, -0.2) is 4.39 Å². The van der Waals surface area contributed by atoms with Crippen molar-refractivity contribution in [3.05, 3.63) is 39.7 Å². The van der Waals surface area contributed by atoms with Crippen LogP contribution in [0.4, 0.5) is 10.1 Å². The molecule has 6 nitrogen and oxygen atoms in total. The van der Waals surface area contributed by atoms with Gasteiger partial charge in [-0.2, -0.15) is 0 Å². The van der Waals surface area contributed by atoms with Crippen molar-refractivity contribution in [2.45, 2.75) is 32.9 Å². The summed E-state index contributed by atoms with van der Waals surface area (Å²) in [6, 6.07) is 3.26. The molecule has 0 atom stereocenters. The Morgan fingerprint density at radius 1 is 1.40 bits per heavy atom. The van der Waals surface area contributed by atoms with Gasteiger partial charge in [0.2, 0.25) is 0 Å². The molecule has 110 valence electrons. The fraction of sp³-hybridized carbons (Fsp3) is 0.462. The van der Waals surface area contributed by atoms with Crippen molar-refractivity contribution in [2.75, 3.05) is 6.54 Å². The maximum Gasteiger partial charge on any atom is 0.317 e. The van der Waals surface area contributed by atoms with Gasteiger partial charge in [0.25, 0.3) is 5.69 Å². The lowest BCUT2D eigenvalue weighted by Gasteiger charge is -2.34. The van der Waals surface area contributed by atoms with E-state index in [1.54, 1.807) is 4.90 Å². The molecule has 0 unspecified atom stereocenters. The number of halogens is 1. The van der Waals surface area contributed by atoms with E-state index in [1.165, 1.54) is 12.1 Å². The number of rotatable bonds is 5. The summed E-state index contributed by atoms with van der Waals surface area (Å²) in [5.74, 6) is -1.72. The van der Waals surface area contributed by atoms with Crippen LogP contribution in [0.25, 0.3) is 0 Å². The van der Waals surface area contributed by atoms with Crippen LogP contribution in [0.5, 0.6) is 0 Å². The summed E-state index contributed by atoms with van der Waals surface area (Å²) in [6.45, 7) is 5.36. The van der Waals surface area contributed by atoms with Gasteiger partial charge in [-0.3, -0.25) is 19.8 Å². The van der Waals surface area contributed by atoms with Crippen LogP contribution in [-0.4, -0.2) is 33.0 Å². The van der Waals surface area contributed by atoms with E-state index in [0.29, 0.717) is 5.56 Å². The third-order valence-electron chi connectivity index (χ3n) is 2.80. The molecule has 0 aliphatic rings. The SMILES string of the molecule is CC(C)(C)N(CC(=O)O)Cc1cc(F)cc([N+](=O)[O-])c1. The highest BCUT2D eigenvalue weighted by Gasteiger charge is 2.24. The Balaban J connectivity index is 3.04. The number of nitrogens with zero attached hydrogens (tertiary/aromatic N) is 2. The van der Waals surface area contributed by atoms with E-state index in [-0.39, 0.29) is 18.8 Å². The molecule has 0 aromatic heterocycles. The number of carbonyl (C=O) groups is 1. The molecule has 0 fully saturated rings. The van der Waals surface area contributed by atoms with Crippen molar-refractivity contribution >= 4 is 11.7 Å². The fourth-order valence-electron chi connectivity index (χ4n) is 1.74. The second-order valence-corrected chi connectivity index (χ2v) is 5.50. The summed E-state index contributed by atoms with van der Waals surface area (Å²) < 4.78 is 13.4. The summed E-state index contributed by atoms with van der Waals surface area (Å²) in [7, 11) is 0. The zero-order valence-electron chi connectivity index (χ0n) is 11.6. The molecule has 1 N–H and O–H groups in total. The Hall–Kier alpha value is -2.02. The fourth-order valence-corrected chi connectivity index (χ4v) is 1.74. The minimum absolute atomic E-state index is 0.119. The van der Waals surface area contributed by atoms with Gasteiger partial charge < -0.3 is 5.11 Å². The topological polar surface area (TPSA) is 83.7 Å². The smallest absolute Gasteiger partial charge is 0.317 e. The quantitative estimate of drug-likeness (QED) is 0.663. The maximum atomic E-state index is 13.4. The Morgan fingerprint density at radius 2 is 2.00 bits per heavy atom. The van der Waals surface area contributed by atoms with Crippen molar-refractivity contribution < 1.29 is 19.2 Å². The highest BCUT2D eigenvalue weighted by Crippen LogP contribution is 2.21. The molecule has 0 aliphatic carbocycles. The second-order valence-electron chi connectivity index (χ2n) is 5.50. The zero-order chi connectivity index (χ0) is 15.5. The second kappa shape index (κ2) is 5.96. The molecule has 0 amide bonds. The molecule has 7 heteroatoms. The first-order valence-electron chi connectivity index (χ1n) is 6.00. The summed E-state index contributed by atoms with van der Waals surface area (Å²) in [5, 5.41) is 19.6. The highest BCUT2D eigenvalue weighted by atomic mass is 19.1. The van der Waals surface area contributed by atoms with Gasteiger partial charge in [0, 0.05) is 18.2 Å². The van der Waals surface area contributed by atoms with E-state index in [9.17, 15) is 19.3 Å². The van der Waals surface area contributed by atoms with E-state index < -0.39 is 22.2 Å². The van der Waals surface area contributed by atoms with Crippen LogP contribution >= 0.6 is 0 Å². The van der Waals surface area contributed by atoms with Crippen LogP contribution in [-0.2, 0) is 11.3 Å². The number of hydrogen-bond acceptors (Lipinski definition) is 4. The summed E-state index contributed by atoms with van der Waals surface area (Å²) in [6.07, 6.45) is 0. The van der Waals surface area contributed by atoms with Crippen molar-refractivity contribution in [3.63, 3.8) is 0 Å². The van der Waals surface area contributed by atoms with Gasteiger partial charge in [-0.05, 0) is 32.4 Å². The van der Waals surface area contributed by atoms with Gasteiger partial charge in [0.1, 0.15) is 5.82 Å². The molecular weight excluding hydrogens is 267 g/mol. The van der Waals surface area contributed by atoms with Gasteiger partial charge in [0.05, 0.1) is 17.5 Å². The minimum Gasteiger partial charge on any atom is -0.480 e. The number of nitro groups is 1. The van der Waals surface area contributed by atoms with Crippen LogP contribution in [0.3, 0.4) is 0 Å². The molecule has 20 heavy (non-hydrogen) atoms. The summed E-state index contributed by atoms with van der Waals surface area (Å²) in [5.41, 5.74) is -0.434. The molecule has 1 aromatic rings. The molecule has 0 bridgehead atoms. The number of carboxylic acids is 1. The number of nitro benzene ring substituents is 1. The largest absolute Gasteiger partial charge is 0.480 e. The first kappa shape index (κ1) is 16.0. The normalized spacial score (nSPS) is 11.7. The molecule has 0 spiro atoms. The van der Waals surface area contributed by atoms with Crippen LogP contribution in [0.2, 0.25) is 0 Å². The summed E-state index contributed by atoms with van der Waals surface area (Å²) >= 11 is 0. The predicted octanol–water partition coefficient (Wildman–Crippen LogP) is 2.42. The molecule has 0 saturated carbocycles. The van der Waals surface area contributed by atoms with E-state index in [0.717, 1.165) is 6.07 Å². The van der Waals surface area contributed by atoms with Crippen LogP contribution < -0.4 is 0 Å². The van der Waals surface area contributed by atoms with Gasteiger partial charge in [0.15, 0.2) is 0 Å². The van der Waals surface area contributed by atoms with Crippen molar-refractivity contribution in [2.24, 2.45) is 0 Å². The molecule has 1 rings (SSSR count). The van der Waals surface area contributed by atoms with E-state index in [4.69, 9.17) is 5.11 Å². The molecule has 0 aliphatic heterocycles. The third-order valence-corrected chi connectivity index (χ3v) is 2.80. The average Bonchev–Trinajstić information content (AvgIpc) is 2.25. The molecule has 0 heterocycles. The third kappa shape index (κ3) is 4.58. The van der Waals surface area contributed by atoms with E-state index in [2.05, 4.69) is 0 Å². The standard InChI is InChI=1S/C13H17FN2O4/c1-13(2,3)15(8-12(17)18)7-9-4-10(14)6-11(5-9)16(19)20/h4-6H,7-8H2,1-3H3,(H,17,18). The lowest BCUT2D eigenvalue weighted by molar-refractivity contribution is -0.385. The van der Waals surface area contributed by atoms with Crippen molar-refractivity contribution in [1.29, 1.82) is 0 Å². The average molecular weight is 284 g/mol. The summed E-state index contributed by atoms with van der Waals surface area (Å²) in [4.78, 5) is 22.5. The van der Waals surface area contributed by atoms with Crippen LogP contribution in [0, 0.1) is 15.9 Å². The lowest BCUT2D eigenvalue weighted by Crippen LogP contribution is -2.43. The first-order valence-corrected chi connectivity index (χ1v) is 6.00. The predicted molar refractivity (Wildman–Crippen MR) is 70.9 cm³/mol. The Labute approximate surface area is 116 Å². The monoisotopic (exact) mass is 284 g/mol. The number of aliphatic carboxylic acids is 1. The van der Waals surface area contributed by atoms with Crippen LogP contribution in [0.1, 0.15) is 26.3 Å². The van der Waals surface area contributed by atoms with Crippen LogP contribution in [0.15, 0.2) is 18.2 Å². The molecule has 0 saturated heterocycles. The van der Waals surface area contributed by atoms with Gasteiger partial charge >= 0.3 is 5.97 Å². The number of non-ortho nitro benzene ring substituents is 1. The molecule has 0 radical (unpaired) electrons. The first-order chi connectivity index (χ1) is 9.09. The Morgan fingerprint density at radius 3 is 2.45 bits per heavy atom. The molecular formula is C13H17FN2O4. The van der Waals surface area contributed by atoms with E-state index >= 15 is 0 Å². The number of benzene rings is 1. The maximum absolute atomic E-state index is 13.4. The Kier molecular flexibility index (Phi) is 4.78. The highest BCUT2D eigenvalue weighted by molar-refractivity contribution is 5.69. The number of carboxylic acid groups (broad SMARTS) is 1. The Bertz CT molecular complexity index is 526. The number of hydrogen-bond donors (Lipinski definition) is 1. The lowest BCUT2D eigenvalue weighted by atomic mass is 10.0. The molecule has 1 aromatic carbocycles. The minimum atomic E-state index is -1.01. The zero-order valence-corrected chi connectivity index (χ0v) is 11.6. The van der Waals surface area contributed by atoms with Gasteiger partial charge in [-0.1, -0.05) is 0 Å². The van der Waals surface area contributed by atoms with Crippen molar-refractivity contribution in [3.8, 4) is 0 Å². The van der Waals surface area contributed by atoms with Crippen molar-refractivity contribution in [1.82, 2.24) is 4.90 Å². The van der Waals surface area contributed by atoms with E-state index in [1.807, 2.05) is 20.8 Å². The van der Waals surface area contributed by atoms with Gasteiger partial charge in [-0.15, -0.1) is 0 Å².